The Balaban J connectivity index is 1.63. The first-order valence-corrected chi connectivity index (χ1v) is 11.1. The van der Waals surface area contributed by atoms with Gasteiger partial charge < -0.3 is 9.30 Å². The molecule has 3 heterocycles. The number of rotatable bonds is 7. The summed E-state index contributed by atoms with van der Waals surface area (Å²) >= 11 is 6.34. The first kappa shape index (κ1) is 21.9. The molecule has 0 bridgehead atoms. The fourth-order valence-electron chi connectivity index (χ4n) is 3.95. The second-order valence-electron chi connectivity index (χ2n) is 7.85. The molecule has 0 spiro atoms. The minimum Gasteiger partial charge on any atom is -0.371 e. The van der Waals surface area contributed by atoms with E-state index in [1.54, 1.807) is 41.2 Å². The van der Waals surface area contributed by atoms with Gasteiger partial charge in [-0.1, -0.05) is 60.1 Å². The highest BCUT2D eigenvalue weighted by Gasteiger charge is 2.19. The Morgan fingerprint density at radius 1 is 0.912 bits per heavy atom. The second-order valence-corrected chi connectivity index (χ2v) is 8.25. The third kappa shape index (κ3) is 4.31. The molecule has 0 unspecified atom stereocenters. The van der Waals surface area contributed by atoms with Crippen LogP contribution >= 0.6 is 11.6 Å². The third-order valence-corrected chi connectivity index (χ3v) is 5.89. The fourth-order valence-corrected chi connectivity index (χ4v) is 4.17. The molecule has 34 heavy (non-hydrogen) atoms. The predicted molar refractivity (Wildman–Crippen MR) is 131 cm³/mol. The molecular formula is C26H21ClN4O3. The Bertz CT molecular complexity index is 1560. The number of ether oxygens (including phenoxy) is 1. The largest absolute Gasteiger partial charge is 0.371 e. The van der Waals surface area contributed by atoms with Crippen LogP contribution in [-0.2, 0) is 24.5 Å². The van der Waals surface area contributed by atoms with E-state index < -0.39 is 0 Å². The van der Waals surface area contributed by atoms with Crippen LogP contribution < -0.4 is 11.1 Å². The zero-order valence-electron chi connectivity index (χ0n) is 18.1. The van der Waals surface area contributed by atoms with Crippen molar-refractivity contribution in [1.82, 2.24) is 19.3 Å². The van der Waals surface area contributed by atoms with E-state index in [9.17, 15) is 9.59 Å². The number of halogens is 1. The molecule has 0 saturated heterocycles. The summed E-state index contributed by atoms with van der Waals surface area (Å²) in [5.74, 6) is 0. The molecule has 0 aliphatic rings. The molecule has 0 aliphatic carbocycles. The number of para-hydroxylation sites is 1. The van der Waals surface area contributed by atoms with Crippen LogP contribution in [0.1, 0.15) is 16.8 Å². The number of fused-ring (bicyclic) bond motifs is 1. The molecule has 170 valence electrons. The minimum atomic E-state index is -0.304. The molecule has 0 atom stereocenters. The Kier molecular flexibility index (Phi) is 6.12. The van der Waals surface area contributed by atoms with Crippen LogP contribution in [0.15, 0.2) is 94.8 Å². The number of hydrogen-bond donors (Lipinski definition) is 1. The second kappa shape index (κ2) is 9.51. The van der Waals surface area contributed by atoms with Crippen LogP contribution in [0, 0.1) is 0 Å². The van der Waals surface area contributed by atoms with Gasteiger partial charge in [-0.3, -0.25) is 19.7 Å². The molecule has 3 aromatic heterocycles. The summed E-state index contributed by atoms with van der Waals surface area (Å²) in [5, 5.41) is 3.85. The summed E-state index contributed by atoms with van der Waals surface area (Å²) < 4.78 is 8.91. The normalized spacial score (nSPS) is 11.2. The molecule has 5 rings (SSSR count). The monoisotopic (exact) mass is 472 g/mol. The molecule has 0 fully saturated rings. The lowest BCUT2D eigenvalue weighted by atomic mass is 10.2. The number of nitrogens with one attached hydrogen (secondary N) is 1. The third-order valence-electron chi connectivity index (χ3n) is 5.57. The van der Waals surface area contributed by atoms with Crippen molar-refractivity contribution in [3.63, 3.8) is 0 Å². The first-order valence-electron chi connectivity index (χ1n) is 10.7. The summed E-state index contributed by atoms with van der Waals surface area (Å²) in [5.41, 5.74) is 2.72. The topological polar surface area (TPSA) is 81.9 Å². The summed E-state index contributed by atoms with van der Waals surface area (Å²) in [4.78, 5) is 30.8. The predicted octanol–water partition coefficient (Wildman–Crippen LogP) is 4.29. The molecule has 0 aliphatic heterocycles. The smallest absolute Gasteiger partial charge is 0.281 e. The Morgan fingerprint density at radius 2 is 1.68 bits per heavy atom. The van der Waals surface area contributed by atoms with E-state index in [0.717, 1.165) is 11.1 Å². The lowest BCUT2D eigenvalue weighted by Gasteiger charge is -2.14. The average Bonchev–Trinajstić information content (AvgIpc) is 3.18. The molecule has 5 aromatic rings. The number of aromatic amines is 1. The van der Waals surface area contributed by atoms with Gasteiger partial charge in [0.05, 0.1) is 47.1 Å². The molecular weight excluding hydrogens is 452 g/mol. The minimum absolute atomic E-state index is 0.0807. The maximum absolute atomic E-state index is 13.5. The van der Waals surface area contributed by atoms with Crippen molar-refractivity contribution < 1.29 is 4.74 Å². The fraction of sp³-hybridized carbons (Fsp3) is 0.115. The van der Waals surface area contributed by atoms with Gasteiger partial charge in [0, 0.05) is 18.5 Å². The van der Waals surface area contributed by atoms with E-state index in [-0.39, 0.29) is 24.3 Å². The molecule has 0 radical (unpaired) electrons. The van der Waals surface area contributed by atoms with E-state index in [4.69, 9.17) is 16.3 Å². The molecule has 7 nitrogen and oxygen atoms in total. The number of nitrogens with zero attached hydrogens (tertiary/aromatic N) is 3. The van der Waals surface area contributed by atoms with Crippen molar-refractivity contribution in [2.24, 2.45) is 0 Å². The van der Waals surface area contributed by atoms with Crippen molar-refractivity contribution in [2.75, 3.05) is 0 Å². The molecule has 1 N–H and O–H groups in total. The molecule has 8 heteroatoms. The van der Waals surface area contributed by atoms with Crippen molar-refractivity contribution in [1.29, 1.82) is 0 Å². The number of benzene rings is 2. The first-order chi connectivity index (χ1) is 16.6. The highest BCUT2D eigenvalue weighted by atomic mass is 35.5. The van der Waals surface area contributed by atoms with Crippen LogP contribution in [0.2, 0.25) is 5.02 Å². The number of aromatic nitrogens is 4. The molecule has 0 saturated carbocycles. The van der Waals surface area contributed by atoms with Crippen LogP contribution in [0.25, 0.3) is 16.6 Å². The molecule has 2 aromatic carbocycles. The summed E-state index contributed by atoms with van der Waals surface area (Å²) in [7, 11) is 0. The maximum Gasteiger partial charge on any atom is 0.281 e. The van der Waals surface area contributed by atoms with Crippen LogP contribution in [-0.4, -0.2) is 19.3 Å². The van der Waals surface area contributed by atoms with Crippen molar-refractivity contribution in [2.45, 2.75) is 19.8 Å². The highest BCUT2D eigenvalue weighted by Crippen LogP contribution is 2.21. The van der Waals surface area contributed by atoms with E-state index in [2.05, 4.69) is 10.1 Å². The Morgan fingerprint density at radius 3 is 2.44 bits per heavy atom. The Labute approximate surface area is 199 Å². The zero-order chi connectivity index (χ0) is 23.5. The van der Waals surface area contributed by atoms with Gasteiger partial charge in [0.15, 0.2) is 0 Å². The highest BCUT2D eigenvalue weighted by molar-refractivity contribution is 6.32. The van der Waals surface area contributed by atoms with E-state index in [1.807, 2.05) is 42.5 Å². The summed E-state index contributed by atoms with van der Waals surface area (Å²) in [6, 6.07) is 21.9. The van der Waals surface area contributed by atoms with E-state index in [0.29, 0.717) is 33.9 Å². The van der Waals surface area contributed by atoms with Gasteiger partial charge in [-0.15, -0.1) is 0 Å². The van der Waals surface area contributed by atoms with Crippen LogP contribution in [0.4, 0.5) is 0 Å². The average molecular weight is 473 g/mol. The quantitative estimate of drug-likeness (QED) is 0.383. The van der Waals surface area contributed by atoms with E-state index in [1.165, 1.54) is 10.7 Å². The van der Waals surface area contributed by atoms with Gasteiger partial charge in [-0.05, 0) is 29.3 Å². The lowest BCUT2D eigenvalue weighted by molar-refractivity contribution is 0.103. The SMILES string of the molecule is O=c1c2c(COCc3ccccc3)n(Cc3cccnc3)c(=O)cc2[nH]n1-c1ccccc1Cl. The molecule has 0 amide bonds. The van der Waals surface area contributed by atoms with Crippen molar-refractivity contribution >= 4 is 22.5 Å². The number of H-pyrrole nitrogens is 1. The van der Waals surface area contributed by atoms with Gasteiger partial charge in [0.2, 0.25) is 0 Å². The van der Waals surface area contributed by atoms with Crippen molar-refractivity contribution in [3.05, 3.63) is 128 Å². The van der Waals surface area contributed by atoms with Gasteiger partial charge in [-0.25, -0.2) is 4.68 Å². The zero-order valence-corrected chi connectivity index (χ0v) is 18.9. The maximum atomic E-state index is 13.5. The van der Waals surface area contributed by atoms with E-state index >= 15 is 0 Å². The van der Waals surface area contributed by atoms with Gasteiger partial charge >= 0.3 is 0 Å². The lowest BCUT2D eigenvalue weighted by Crippen LogP contribution is -2.26. The van der Waals surface area contributed by atoms with Gasteiger partial charge in [-0.2, -0.15) is 0 Å². The number of pyridine rings is 2. The van der Waals surface area contributed by atoms with Crippen molar-refractivity contribution in [3.8, 4) is 5.69 Å². The van der Waals surface area contributed by atoms with Gasteiger partial charge in [0.25, 0.3) is 11.1 Å². The van der Waals surface area contributed by atoms with Crippen LogP contribution in [0.3, 0.4) is 0 Å². The standard InChI is InChI=1S/C26H21ClN4O3/c27-20-10-4-5-11-22(20)31-26(33)25-21(29-31)13-24(32)30(15-19-9-6-12-28-14-19)23(25)17-34-16-18-7-2-1-3-8-18/h1-14,29H,15-17H2. The summed E-state index contributed by atoms with van der Waals surface area (Å²) in [6.07, 6.45) is 3.37. The Hall–Kier alpha value is -3.94. The number of hydrogen-bond acceptors (Lipinski definition) is 4. The van der Waals surface area contributed by atoms with Gasteiger partial charge in [0.1, 0.15) is 0 Å². The van der Waals surface area contributed by atoms with Crippen LogP contribution in [0.5, 0.6) is 0 Å². The summed E-state index contributed by atoms with van der Waals surface area (Å²) in [6.45, 7) is 0.697.